The van der Waals surface area contributed by atoms with E-state index in [1.165, 1.54) is 0 Å². The second-order valence-electron chi connectivity index (χ2n) is 5.05. The van der Waals surface area contributed by atoms with Crippen molar-refractivity contribution in [1.29, 1.82) is 0 Å². The van der Waals surface area contributed by atoms with Crippen LogP contribution in [0.25, 0.3) is 0 Å². The van der Waals surface area contributed by atoms with Crippen LogP contribution < -0.4 is 5.32 Å². The van der Waals surface area contributed by atoms with Gasteiger partial charge in [-0.05, 0) is 43.4 Å². The molecule has 2 N–H and O–H groups in total. The van der Waals surface area contributed by atoms with E-state index in [4.69, 9.17) is 11.6 Å². The van der Waals surface area contributed by atoms with Crippen molar-refractivity contribution in [2.75, 3.05) is 6.54 Å². The van der Waals surface area contributed by atoms with Gasteiger partial charge in [-0.25, -0.2) is 0 Å². The Morgan fingerprint density at radius 3 is 2.89 bits per heavy atom. The molecule has 1 saturated carbocycles. The summed E-state index contributed by atoms with van der Waals surface area (Å²) in [6.07, 6.45) is 3.54. The standard InChI is InChI=1S/C14H17BrClNO2/c15-11-5-10(6-12(16)7-11)14(19)17-8-9-2-1-3-13(18)4-9/h5-7,9,13,18H,1-4,8H2,(H,17,19). The molecule has 3 nitrogen and oxygen atoms in total. The molecule has 1 amide bonds. The first-order valence-corrected chi connectivity index (χ1v) is 7.64. The zero-order chi connectivity index (χ0) is 13.8. The Kier molecular flexibility index (Phi) is 5.25. The van der Waals surface area contributed by atoms with Crippen LogP contribution in [0.4, 0.5) is 0 Å². The average Bonchev–Trinajstić information content (AvgIpc) is 2.35. The monoisotopic (exact) mass is 345 g/mol. The Morgan fingerprint density at radius 1 is 1.42 bits per heavy atom. The second kappa shape index (κ2) is 6.73. The van der Waals surface area contributed by atoms with E-state index in [0.717, 1.165) is 30.2 Å². The van der Waals surface area contributed by atoms with Gasteiger partial charge in [0.05, 0.1) is 6.10 Å². The van der Waals surface area contributed by atoms with E-state index in [1.807, 2.05) is 0 Å². The van der Waals surface area contributed by atoms with Crippen molar-refractivity contribution in [1.82, 2.24) is 5.32 Å². The van der Waals surface area contributed by atoms with E-state index in [1.54, 1.807) is 18.2 Å². The summed E-state index contributed by atoms with van der Waals surface area (Å²) in [6.45, 7) is 0.611. The molecule has 1 aromatic carbocycles. The molecule has 2 atom stereocenters. The predicted molar refractivity (Wildman–Crippen MR) is 79.5 cm³/mol. The maximum atomic E-state index is 12.0. The molecular weight excluding hydrogens is 330 g/mol. The lowest BCUT2D eigenvalue weighted by atomic mass is 9.87. The minimum Gasteiger partial charge on any atom is -0.393 e. The number of amides is 1. The quantitative estimate of drug-likeness (QED) is 0.881. The van der Waals surface area contributed by atoms with Crippen molar-refractivity contribution < 1.29 is 9.90 Å². The first-order chi connectivity index (χ1) is 9.04. The average molecular weight is 347 g/mol. The molecule has 0 aliphatic heterocycles. The smallest absolute Gasteiger partial charge is 0.251 e. The number of carbonyl (C=O) groups is 1. The Labute approximate surface area is 126 Å². The summed E-state index contributed by atoms with van der Waals surface area (Å²) in [7, 11) is 0. The summed E-state index contributed by atoms with van der Waals surface area (Å²) < 4.78 is 0.790. The van der Waals surface area contributed by atoms with Gasteiger partial charge >= 0.3 is 0 Å². The Morgan fingerprint density at radius 2 is 2.21 bits per heavy atom. The predicted octanol–water partition coefficient (Wildman–Crippen LogP) is 3.38. The third-order valence-corrected chi connectivity index (χ3v) is 4.11. The van der Waals surface area contributed by atoms with Crippen LogP contribution in [0.1, 0.15) is 36.0 Å². The SMILES string of the molecule is O=C(NCC1CCCC(O)C1)c1cc(Cl)cc(Br)c1. The van der Waals surface area contributed by atoms with Gasteiger partial charge in [-0.2, -0.15) is 0 Å². The summed E-state index contributed by atoms with van der Waals surface area (Å²) in [5, 5.41) is 13.0. The molecule has 0 heterocycles. The largest absolute Gasteiger partial charge is 0.393 e. The molecular formula is C14H17BrClNO2. The molecule has 104 valence electrons. The van der Waals surface area contributed by atoms with Crippen molar-refractivity contribution in [2.24, 2.45) is 5.92 Å². The lowest BCUT2D eigenvalue weighted by Gasteiger charge is -2.25. The molecule has 1 fully saturated rings. The molecule has 5 heteroatoms. The zero-order valence-corrected chi connectivity index (χ0v) is 12.9. The van der Waals surface area contributed by atoms with Crippen LogP contribution in [0.5, 0.6) is 0 Å². The van der Waals surface area contributed by atoms with Crippen LogP contribution in [0, 0.1) is 5.92 Å². The van der Waals surface area contributed by atoms with E-state index in [0.29, 0.717) is 23.0 Å². The number of nitrogens with one attached hydrogen (secondary N) is 1. The highest BCUT2D eigenvalue weighted by atomic mass is 79.9. The lowest BCUT2D eigenvalue weighted by Crippen LogP contribution is -2.32. The molecule has 1 aliphatic carbocycles. The number of carbonyl (C=O) groups excluding carboxylic acids is 1. The molecule has 0 radical (unpaired) electrons. The van der Waals surface area contributed by atoms with Gasteiger partial charge in [0, 0.05) is 21.6 Å². The van der Waals surface area contributed by atoms with Gasteiger partial charge in [0.25, 0.3) is 5.91 Å². The Balaban J connectivity index is 1.90. The third kappa shape index (κ3) is 4.48. The van der Waals surface area contributed by atoms with Crippen molar-refractivity contribution in [3.8, 4) is 0 Å². The Hall–Kier alpha value is -0.580. The van der Waals surface area contributed by atoms with Gasteiger partial charge in [-0.15, -0.1) is 0 Å². The van der Waals surface area contributed by atoms with Crippen LogP contribution >= 0.6 is 27.5 Å². The van der Waals surface area contributed by atoms with Gasteiger partial charge < -0.3 is 10.4 Å². The number of hydrogen-bond donors (Lipinski definition) is 2. The van der Waals surface area contributed by atoms with Gasteiger partial charge in [-0.1, -0.05) is 34.0 Å². The minimum atomic E-state index is -0.212. The van der Waals surface area contributed by atoms with Gasteiger partial charge in [-0.3, -0.25) is 4.79 Å². The van der Waals surface area contributed by atoms with E-state index in [-0.39, 0.29) is 12.0 Å². The second-order valence-corrected chi connectivity index (χ2v) is 6.41. The van der Waals surface area contributed by atoms with Crippen molar-refractivity contribution in [3.05, 3.63) is 33.3 Å². The van der Waals surface area contributed by atoms with Crippen LogP contribution in [0.2, 0.25) is 5.02 Å². The minimum absolute atomic E-state index is 0.122. The molecule has 0 bridgehead atoms. The molecule has 19 heavy (non-hydrogen) atoms. The third-order valence-electron chi connectivity index (χ3n) is 3.43. The molecule has 1 aromatic rings. The number of aliphatic hydroxyl groups excluding tert-OH is 1. The number of rotatable bonds is 3. The first-order valence-electron chi connectivity index (χ1n) is 6.47. The van der Waals surface area contributed by atoms with E-state index < -0.39 is 0 Å². The highest BCUT2D eigenvalue weighted by Crippen LogP contribution is 2.24. The molecule has 1 aliphatic rings. The van der Waals surface area contributed by atoms with Crippen LogP contribution in [-0.4, -0.2) is 23.7 Å². The number of benzene rings is 1. The summed E-state index contributed by atoms with van der Waals surface area (Å²) >= 11 is 9.24. The fourth-order valence-corrected chi connectivity index (χ4v) is 3.33. The normalized spacial score (nSPS) is 23.1. The van der Waals surface area contributed by atoms with E-state index in [9.17, 15) is 9.90 Å². The molecule has 2 rings (SSSR count). The summed E-state index contributed by atoms with van der Waals surface area (Å²) in [6, 6.07) is 5.14. The van der Waals surface area contributed by atoms with Crippen LogP contribution in [0.15, 0.2) is 22.7 Å². The highest BCUT2D eigenvalue weighted by Gasteiger charge is 2.20. The van der Waals surface area contributed by atoms with Crippen molar-refractivity contribution in [3.63, 3.8) is 0 Å². The zero-order valence-electron chi connectivity index (χ0n) is 10.5. The van der Waals surface area contributed by atoms with Gasteiger partial charge in [0.15, 0.2) is 0 Å². The van der Waals surface area contributed by atoms with Crippen LogP contribution in [-0.2, 0) is 0 Å². The fraction of sp³-hybridized carbons (Fsp3) is 0.500. The van der Waals surface area contributed by atoms with Gasteiger partial charge in [0.1, 0.15) is 0 Å². The van der Waals surface area contributed by atoms with Crippen molar-refractivity contribution in [2.45, 2.75) is 31.8 Å². The van der Waals surface area contributed by atoms with E-state index in [2.05, 4.69) is 21.2 Å². The van der Waals surface area contributed by atoms with Crippen LogP contribution in [0.3, 0.4) is 0 Å². The molecule has 2 unspecified atom stereocenters. The molecule has 0 saturated heterocycles. The fourth-order valence-electron chi connectivity index (χ4n) is 2.47. The number of aliphatic hydroxyl groups is 1. The maximum Gasteiger partial charge on any atom is 0.251 e. The summed E-state index contributed by atoms with van der Waals surface area (Å²) in [5.74, 6) is 0.249. The lowest BCUT2D eigenvalue weighted by molar-refractivity contribution is 0.0874. The van der Waals surface area contributed by atoms with Crippen molar-refractivity contribution >= 4 is 33.4 Å². The Bertz CT molecular complexity index is 447. The first kappa shape index (κ1) is 14.8. The molecule has 0 aromatic heterocycles. The molecule has 0 spiro atoms. The topological polar surface area (TPSA) is 49.3 Å². The number of hydrogen-bond acceptors (Lipinski definition) is 2. The summed E-state index contributed by atoms with van der Waals surface area (Å²) in [5.41, 5.74) is 0.552. The number of halogens is 2. The summed E-state index contributed by atoms with van der Waals surface area (Å²) in [4.78, 5) is 12.0. The van der Waals surface area contributed by atoms with Gasteiger partial charge in [0.2, 0.25) is 0 Å². The van der Waals surface area contributed by atoms with E-state index >= 15 is 0 Å². The maximum absolute atomic E-state index is 12.0. The highest BCUT2D eigenvalue weighted by molar-refractivity contribution is 9.10.